The Balaban J connectivity index is 2.13. The first-order valence-electron chi connectivity index (χ1n) is 5.95. The molecule has 0 unspecified atom stereocenters. The predicted molar refractivity (Wildman–Crippen MR) is 73.7 cm³/mol. The summed E-state index contributed by atoms with van der Waals surface area (Å²) in [7, 11) is 1.54. The van der Waals surface area contributed by atoms with Crippen LogP contribution in [0.2, 0.25) is 0 Å². The van der Waals surface area contributed by atoms with Gasteiger partial charge in [0.05, 0.1) is 12.0 Å². The molecule has 20 heavy (non-hydrogen) atoms. The molecule has 0 radical (unpaired) electrons. The molecule has 1 N–H and O–H groups in total. The van der Waals surface area contributed by atoms with Crippen molar-refractivity contribution in [2.75, 3.05) is 12.4 Å². The average molecular weight is 274 g/mol. The van der Waals surface area contributed by atoms with E-state index in [9.17, 15) is 10.1 Å². The molecule has 0 saturated heterocycles. The molecule has 0 spiro atoms. The fourth-order valence-corrected chi connectivity index (χ4v) is 1.65. The van der Waals surface area contributed by atoms with Crippen LogP contribution in [-0.2, 0) is 6.54 Å². The van der Waals surface area contributed by atoms with Gasteiger partial charge in [-0.15, -0.1) is 0 Å². The number of hydrogen-bond donors (Lipinski definition) is 1. The monoisotopic (exact) mass is 274 g/mol. The largest absolute Gasteiger partial charge is 0.481 e. The Hall–Kier alpha value is -2.70. The number of pyridine rings is 2. The standard InChI is InChI=1S/C13H14N4O3/c1-9-3-5-11(17(18)19)13(16-9)15-8-10-4-6-12(20-2)14-7-10/h3-7H,8H2,1-2H3,(H,15,16). The van der Waals surface area contributed by atoms with Crippen LogP contribution in [0.1, 0.15) is 11.3 Å². The fourth-order valence-electron chi connectivity index (χ4n) is 1.65. The number of aryl methyl sites for hydroxylation is 1. The zero-order chi connectivity index (χ0) is 14.5. The van der Waals surface area contributed by atoms with Gasteiger partial charge in [0.2, 0.25) is 11.7 Å². The number of hydrogen-bond acceptors (Lipinski definition) is 6. The van der Waals surface area contributed by atoms with Crippen molar-refractivity contribution in [1.82, 2.24) is 9.97 Å². The maximum absolute atomic E-state index is 10.9. The van der Waals surface area contributed by atoms with Crippen LogP contribution in [-0.4, -0.2) is 22.0 Å². The summed E-state index contributed by atoms with van der Waals surface area (Å²) in [6.07, 6.45) is 1.65. The summed E-state index contributed by atoms with van der Waals surface area (Å²) in [6.45, 7) is 2.18. The Bertz CT molecular complexity index is 614. The number of anilines is 1. The highest BCUT2D eigenvalue weighted by Crippen LogP contribution is 2.22. The zero-order valence-electron chi connectivity index (χ0n) is 11.2. The lowest BCUT2D eigenvalue weighted by Crippen LogP contribution is -2.05. The van der Waals surface area contributed by atoms with Crippen molar-refractivity contribution in [2.45, 2.75) is 13.5 Å². The Kier molecular flexibility index (Phi) is 4.09. The van der Waals surface area contributed by atoms with Crippen molar-refractivity contribution < 1.29 is 9.66 Å². The molecular formula is C13H14N4O3. The second kappa shape index (κ2) is 5.96. The molecule has 0 atom stereocenters. The Morgan fingerprint density at radius 1 is 1.35 bits per heavy atom. The van der Waals surface area contributed by atoms with E-state index >= 15 is 0 Å². The van der Waals surface area contributed by atoms with Gasteiger partial charge in [0.15, 0.2) is 0 Å². The predicted octanol–water partition coefficient (Wildman–Crippen LogP) is 2.31. The molecule has 0 amide bonds. The van der Waals surface area contributed by atoms with Crippen LogP contribution < -0.4 is 10.1 Å². The molecule has 2 aromatic rings. The van der Waals surface area contributed by atoms with E-state index in [0.29, 0.717) is 18.1 Å². The molecule has 0 aliphatic rings. The highest BCUT2D eigenvalue weighted by Gasteiger charge is 2.14. The second-order valence-electron chi connectivity index (χ2n) is 4.14. The third-order valence-electron chi connectivity index (χ3n) is 2.68. The van der Waals surface area contributed by atoms with Crippen molar-refractivity contribution in [3.05, 3.63) is 51.8 Å². The summed E-state index contributed by atoms with van der Waals surface area (Å²) < 4.78 is 4.97. The van der Waals surface area contributed by atoms with E-state index in [-0.39, 0.29) is 11.5 Å². The molecule has 7 nitrogen and oxygen atoms in total. The Labute approximate surface area is 115 Å². The minimum Gasteiger partial charge on any atom is -0.481 e. The molecule has 0 aromatic carbocycles. The normalized spacial score (nSPS) is 10.1. The van der Waals surface area contributed by atoms with Gasteiger partial charge in [-0.25, -0.2) is 9.97 Å². The Morgan fingerprint density at radius 3 is 2.75 bits per heavy atom. The van der Waals surface area contributed by atoms with Crippen LogP contribution >= 0.6 is 0 Å². The van der Waals surface area contributed by atoms with Gasteiger partial charge in [-0.1, -0.05) is 6.07 Å². The first-order valence-corrected chi connectivity index (χ1v) is 5.95. The number of aromatic nitrogens is 2. The van der Waals surface area contributed by atoms with Crippen LogP contribution in [0.3, 0.4) is 0 Å². The van der Waals surface area contributed by atoms with Gasteiger partial charge in [-0.05, 0) is 18.6 Å². The van der Waals surface area contributed by atoms with Crippen LogP contribution in [0.5, 0.6) is 5.88 Å². The number of nitro groups is 1. The van der Waals surface area contributed by atoms with Crippen LogP contribution in [0.15, 0.2) is 30.5 Å². The lowest BCUT2D eigenvalue weighted by Gasteiger charge is -2.07. The highest BCUT2D eigenvalue weighted by atomic mass is 16.6. The minimum atomic E-state index is -0.457. The molecule has 0 bridgehead atoms. The molecule has 7 heteroatoms. The zero-order valence-corrected chi connectivity index (χ0v) is 11.2. The second-order valence-corrected chi connectivity index (χ2v) is 4.14. The van der Waals surface area contributed by atoms with Crippen molar-refractivity contribution >= 4 is 11.5 Å². The quantitative estimate of drug-likeness (QED) is 0.664. The number of nitrogens with one attached hydrogen (secondary N) is 1. The summed E-state index contributed by atoms with van der Waals surface area (Å²) in [5.41, 5.74) is 1.55. The molecule has 2 rings (SSSR count). The van der Waals surface area contributed by atoms with Crippen LogP contribution in [0.4, 0.5) is 11.5 Å². The third kappa shape index (κ3) is 3.19. The van der Waals surface area contributed by atoms with Gasteiger partial charge >= 0.3 is 5.69 Å². The highest BCUT2D eigenvalue weighted by molar-refractivity contribution is 5.56. The third-order valence-corrected chi connectivity index (χ3v) is 2.68. The van der Waals surface area contributed by atoms with E-state index in [1.54, 1.807) is 32.4 Å². The van der Waals surface area contributed by atoms with Crippen molar-refractivity contribution in [1.29, 1.82) is 0 Å². The Morgan fingerprint density at radius 2 is 2.15 bits per heavy atom. The van der Waals surface area contributed by atoms with E-state index in [2.05, 4.69) is 15.3 Å². The van der Waals surface area contributed by atoms with E-state index < -0.39 is 4.92 Å². The number of nitrogens with zero attached hydrogens (tertiary/aromatic N) is 3. The molecule has 0 saturated carbocycles. The maximum atomic E-state index is 10.9. The average Bonchev–Trinajstić information content (AvgIpc) is 2.45. The van der Waals surface area contributed by atoms with Crippen molar-refractivity contribution in [2.24, 2.45) is 0 Å². The summed E-state index contributed by atoms with van der Waals surface area (Å²) in [5, 5.41) is 13.9. The molecule has 0 aliphatic carbocycles. The first kappa shape index (κ1) is 13.7. The molecule has 2 heterocycles. The SMILES string of the molecule is COc1ccc(CNc2nc(C)ccc2[N+](=O)[O-])cn1. The van der Waals surface area contributed by atoms with E-state index in [1.807, 2.05) is 6.07 Å². The van der Waals surface area contributed by atoms with Gasteiger partial charge in [0.1, 0.15) is 0 Å². The van der Waals surface area contributed by atoms with Gasteiger partial charge < -0.3 is 10.1 Å². The van der Waals surface area contributed by atoms with E-state index in [1.165, 1.54) is 6.07 Å². The van der Waals surface area contributed by atoms with Gasteiger partial charge in [0, 0.05) is 30.6 Å². The summed E-state index contributed by atoms with van der Waals surface area (Å²) in [6, 6.07) is 6.62. The number of rotatable bonds is 5. The summed E-state index contributed by atoms with van der Waals surface area (Å²) in [4.78, 5) is 18.7. The van der Waals surface area contributed by atoms with E-state index in [0.717, 1.165) is 5.56 Å². The fraction of sp³-hybridized carbons (Fsp3) is 0.231. The lowest BCUT2D eigenvalue weighted by molar-refractivity contribution is -0.384. The molecule has 104 valence electrons. The maximum Gasteiger partial charge on any atom is 0.311 e. The van der Waals surface area contributed by atoms with E-state index in [4.69, 9.17) is 4.74 Å². The first-order chi connectivity index (χ1) is 9.60. The van der Waals surface area contributed by atoms with Crippen molar-refractivity contribution in [3.63, 3.8) is 0 Å². The molecule has 2 aromatic heterocycles. The smallest absolute Gasteiger partial charge is 0.311 e. The molecular weight excluding hydrogens is 260 g/mol. The van der Waals surface area contributed by atoms with Crippen LogP contribution in [0, 0.1) is 17.0 Å². The number of ether oxygens (including phenoxy) is 1. The minimum absolute atomic E-state index is 0.0444. The lowest BCUT2D eigenvalue weighted by atomic mass is 10.2. The summed E-state index contributed by atoms with van der Waals surface area (Å²) >= 11 is 0. The molecule has 0 aliphatic heterocycles. The summed E-state index contributed by atoms with van der Waals surface area (Å²) in [5.74, 6) is 0.777. The molecule has 0 fully saturated rings. The van der Waals surface area contributed by atoms with Gasteiger partial charge in [-0.3, -0.25) is 10.1 Å². The topological polar surface area (TPSA) is 90.2 Å². The van der Waals surface area contributed by atoms with Crippen molar-refractivity contribution in [3.8, 4) is 5.88 Å². The van der Waals surface area contributed by atoms with Gasteiger partial charge in [-0.2, -0.15) is 0 Å². The van der Waals surface area contributed by atoms with Crippen LogP contribution in [0.25, 0.3) is 0 Å². The number of methoxy groups -OCH3 is 1. The van der Waals surface area contributed by atoms with Gasteiger partial charge in [0.25, 0.3) is 0 Å².